The first-order valence-electron chi connectivity index (χ1n) is 8.93. The fraction of sp³-hybridized carbons (Fsp3) is 0.444. The predicted molar refractivity (Wildman–Crippen MR) is 96.6 cm³/mol. The van der Waals surface area contributed by atoms with Gasteiger partial charge in [0, 0.05) is 42.6 Å². The highest BCUT2D eigenvalue weighted by atomic mass is 32.2. The number of carbonyl (C=O) groups is 2. The highest BCUT2D eigenvalue weighted by molar-refractivity contribution is 8.04. The van der Waals surface area contributed by atoms with Gasteiger partial charge in [0.2, 0.25) is 5.88 Å². The molecule has 5 aliphatic rings. The number of ether oxygens (including phenoxy) is 1. The van der Waals surface area contributed by atoms with E-state index in [9.17, 15) is 14.7 Å². The van der Waals surface area contributed by atoms with Gasteiger partial charge in [-0.15, -0.1) is 0 Å². The van der Waals surface area contributed by atoms with Gasteiger partial charge in [0.1, 0.15) is 16.7 Å². The van der Waals surface area contributed by atoms with Crippen LogP contribution in [0.5, 0.6) is 5.75 Å². The molecule has 3 unspecified atom stereocenters. The van der Waals surface area contributed by atoms with E-state index in [0.717, 1.165) is 11.4 Å². The Kier molecular flexibility index (Phi) is 2.78. The Morgan fingerprint density at radius 1 is 1.48 bits per heavy atom. The van der Waals surface area contributed by atoms with Gasteiger partial charge in [0.05, 0.1) is 0 Å². The van der Waals surface area contributed by atoms with E-state index in [1.54, 1.807) is 4.90 Å². The van der Waals surface area contributed by atoms with Crippen molar-refractivity contribution in [1.29, 1.82) is 0 Å². The Balaban J connectivity index is 1.60. The number of carbonyl (C=O) groups excluding carboxylic acids is 1. The summed E-state index contributed by atoms with van der Waals surface area (Å²) < 4.78 is 21.2. The van der Waals surface area contributed by atoms with Gasteiger partial charge in [-0.25, -0.2) is 4.39 Å². The molecule has 1 aromatic rings. The lowest BCUT2D eigenvalue weighted by Gasteiger charge is -2.40. The van der Waals surface area contributed by atoms with Gasteiger partial charge in [-0.3, -0.25) is 14.5 Å². The maximum absolute atomic E-state index is 15.2. The third kappa shape index (κ3) is 1.64. The van der Waals surface area contributed by atoms with Crippen LogP contribution in [0.4, 0.5) is 15.8 Å². The quantitative estimate of drug-likeness (QED) is 0.741. The molecule has 0 aliphatic carbocycles. The molecule has 1 aromatic carbocycles. The number of thioether (sulfide) groups is 1. The topological polar surface area (TPSA) is 82.1 Å². The second-order valence-electron chi connectivity index (χ2n) is 7.69. The minimum atomic E-state index is -1.56. The Morgan fingerprint density at radius 2 is 2.30 bits per heavy atom. The number of allylic oxidation sites excluding steroid dienone is 1. The van der Waals surface area contributed by atoms with Gasteiger partial charge in [-0.1, -0.05) is 11.8 Å². The standard InChI is InChI=1S/C18H16FN3O4S/c1-7-6-21(3-2-20-7)12-9(19)4-8-11-13(12)26-15-10-5-18(14(8)23,17(24)25)16(27-10)22(11)15/h4,7,16,20H,2-3,5-6H2,1H3,(H,24,25). The first-order chi connectivity index (χ1) is 12.9. The molecule has 2 saturated heterocycles. The molecule has 7 nitrogen and oxygen atoms in total. The highest BCUT2D eigenvalue weighted by Gasteiger charge is 2.70. The van der Waals surface area contributed by atoms with Crippen molar-refractivity contribution in [1.82, 2.24) is 5.32 Å². The lowest BCUT2D eigenvalue weighted by atomic mass is 9.72. The fourth-order valence-electron chi connectivity index (χ4n) is 4.94. The molecule has 0 aromatic heterocycles. The van der Waals surface area contributed by atoms with Gasteiger partial charge in [-0.05, 0) is 13.0 Å². The number of nitrogens with zero attached hydrogens (tertiary/aromatic N) is 2. The van der Waals surface area contributed by atoms with Crippen LogP contribution < -0.4 is 19.9 Å². The number of carboxylic acids is 1. The van der Waals surface area contributed by atoms with E-state index >= 15 is 4.39 Å². The van der Waals surface area contributed by atoms with E-state index in [1.807, 2.05) is 11.8 Å². The van der Waals surface area contributed by atoms with Crippen LogP contribution in [0.25, 0.3) is 0 Å². The second kappa shape index (κ2) is 4.77. The van der Waals surface area contributed by atoms with E-state index < -0.39 is 28.4 Å². The molecule has 2 fully saturated rings. The van der Waals surface area contributed by atoms with Gasteiger partial charge < -0.3 is 20.1 Å². The number of halogens is 1. The lowest BCUT2D eigenvalue weighted by Crippen LogP contribution is -2.56. The normalized spacial score (nSPS) is 32.4. The SMILES string of the molecule is CC1CN(c2c(F)cc3c4c2OC2=C5CC(C(=O)O)(C3=O)C(S5)N24)CCN1. The zero-order valence-electron chi connectivity index (χ0n) is 14.4. The molecule has 3 atom stereocenters. The summed E-state index contributed by atoms with van der Waals surface area (Å²) in [5.41, 5.74) is -0.546. The summed E-state index contributed by atoms with van der Waals surface area (Å²) in [7, 11) is 0. The number of carboxylic acid groups (broad SMARTS) is 1. The molecule has 2 N–H and O–H groups in total. The predicted octanol–water partition coefficient (Wildman–Crippen LogP) is 1.74. The van der Waals surface area contributed by atoms with Crippen LogP contribution in [0.15, 0.2) is 16.9 Å². The van der Waals surface area contributed by atoms with Crippen LogP contribution in [0.2, 0.25) is 0 Å². The summed E-state index contributed by atoms with van der Waals surface area (Å²) in [4.78, 5) is 29.8. The number of aliphatic carboxylic acids is 1. The summed E-state index contributed by atoms with van der Waals surface area (Å²) >= 11 is 1.38. The summed E-state index contributed by atoms with van der Waals surface area (Å²) in [6, 6.07) is 1.41. The van der Waals surface area contributed by atoms with Gasteiger partial charge >= 0.3 is 5.97 Å². The molecule has 0 spiro atoms. The third-order valence-corrected chi connectivity index (χ3v) is 7.59. The molecule has 0 amide bonds. The molecule has 9 heteroatoms. The summed E-state index contributed by atoms with van der Waals surface area (Å²) in [5, 5.41) is 12.6. The van der Waals surface area contributed by atoms with Gasteiger partial charge in [-0.2, -0.15) is 0 Å². The van der Waals surface area contributed by atoms with Gasteiger partial charge in [0.25, 0.3) is 0 Å². The molecule has 5 heterocycles. The maximum atomic E-state index is 15.2. The molecule has 2 bridgehead atoms. The van der Waals surface area contributed by atoms with Crippen molar-refractivity contribution in [2.24, 2.45) is 5.41 Å². The number of hydrogen-bond acceptors (Lipinski definition) is 7. The number of ketones is 1. The number of nitrogens with one attached hydrogen (secondary N) is 1. The zero-order chi connectivity index (χ0) is 18.7. The summed E-state index contributed by atoms with van der Waals surface area (Å²) in [6.45, 7) is 4.03. The lowest BCUT2D eigenvalue weighted by molar-refractivity contribution is -0.145. The molecule has 27 heavy (non-hydrogen) atoms. The maximum Gasteiger partial charge on any atom is 0.321 e. The number of rotatable bonds is 2. The average Bonchev–Trinajstić information content (AvgIpc) is 3.29. The van der Waals surface area contributed by atoms with E-state index in [2.05, 4.69) is 5.32 Å². The summed E-state index contributed by atoms with van der Waals surface area (Å²) in [5.74, 6) is -1.29. The molecule has 6 rings (SSSR count). The highest BCUT2D eigenvalue weighted by Crippen LogP contribution is 2.69. The van der Waals surface area contributed by atoms with Crippen LogP contribution in [-0.4, -0.2) is 47.9 Å². The molecular formula is C18H16FN3O4S. The monoisotopic (exact) mass is 389 g/mol. The number of Topliss-reactive ketones (excluding diaryl/α,β-unsaturated/α-hetero) is 1. The Morgan fingerprint density at radius 3 is 3.04 bits per heavy atom. The van der Waals surface area contributed by atoms with Crippen molar-refractivity contribution >= 4 is 34.9 Å². The van der Waals surface area contributed by atoms with Crippen LogP contribution in [0, 0.1) is 11.2 Å². The largest absolute Gasteiger partial charge is 0.480 e. The molecule has 0 radical (unpaired) electrons. The number of anilines is 2. The Labute approximate surface area is 158 Å². The number of fused-ring (bicyclic) bond motifs is 1. The van der Waals surface area contributed by atoms with E-state index in [4.69, 9.17) is 4.74 Å². The van der Waals surface area contributed by atoms with E-state index in [-0.39, 0.29) is 18.0 Å². The fourth-order valence-corrected chi connectivity index (χ4v) is 6.56. The third-order valence-electron chi connectivity index (χ3n) is 6.15. The smallest absolute Gasteiger partial charge is 0.321 e. The van der Waals surface area contributed by atoms with Crippen LogP contribution in [0.1, 0.15) is 23.7 Å². The molecule has 0 saturated carbocycles. The van der Waals surface area contributed by atoms with Crippen molar-refractivity contribution in [2.75, 3.05) is 29.4 Å². The number of benzene rings is 1. The number of piperazine rings is 1. The van der Waals surface area contributed by atoms with Crippen molar-refractivity contribution in [3.8, 4) is 5.75 Å². The van der Waals surface area contributed by atoms with Crippen molar-refractivity contribution in [3.05, 3.63) is 28.2 Å². The second-order valence-corrected chi connectivity index (χ2v) is 8.86. The van der Waals surface area contributed by atoms with Crippen molar-refractivity contribution < 1.29 is 23.8 Å². The van der Waals surface area contributed by atoms with Crippen LogP contribution in [0.3, 0.4) is 0 Å². The Bertz CT molecular complexity index is 995. The zero-order valence-corrected chi connectivity index (χ0v) is 15.2. The first-order valence-corrected chi connectivity index (χ1v) is 9.81. The Hall–Kier alpha value is -2.26. The summed E-state index contributed by atoms with van der Waals surface area (Å²) in [6.07, 6.45) is 0.113. The van der Waals surface area contributed by atoms with E-state index in [0.29, 0.717) is 36.1 Å². The minimum absolute atomic E-state index is 0.113. The van der Waals surface area contributed by atoms with Gasteiger partial charge in [0.15, 0.2) is 22.8 Å². The molecular weight excluding hydrogens is 373 g/mol. The van der Waals surface area contributed by atoms with Crippen LogP contribution >= 0.6 is 11.8 Å². The number of hydrogen-bond donors (Lipinski definition) is 2. The first kappa shape index (κ1) is 15.8. The van der Waals surface area contributed by atoms with Crippen LogP contribution in [-0.2, 0) is 4.79 Å². The minimum Gasteiger partial charge on any atom is -0.480 e. The molecule has 5 aliphatic heterocycles. The van der Waals surface area contributed by atoms with E-state index in [1.165, 1.54) is 17.8 Å². The van der Waals surface area contributed by atoms with Crippen molar-refractivity contribution in [3.63, 3.8) is 0 Å². The average molecular weight is 389 g/mol. The van der Waals surface area contributed by atoms with Crippen molar-refractivity contribution in [2.45, 2.75) is 24.8 Å². The molecule has 140 valence electrons.